The fourth-order valence-corrected chi connectivity index (χ4v) is 9.27. The minimum absolute atomic E-state index is 0.693. The number of benzene rings is 9. The second-order valence-electron chi connectivity index (χ2n) is 15.9. The summed E-state index contributed by atoms with van der Waals surface area (Å²) in [6, 6.07) is 81.4. The van der Waals surface area contributed by atoms with E-state index in [0.29, 0.717) is 5.82 Å². The third-order valence-electron chi connectivity index (χ3n) is 12.2. The van der Waals surface area contributed by atoms with Gasteiger partial charge in [-0.2, -0.15) is 0 Å². The van der Waals surface area contributed by atoms with Crippen LogP contribution in [0.1, 0.15) is 0 Å². The lowest BCUT2D eigenvalue weighted by molar-refractivity contribution is 1.18. The summed E-state index contributed by atoms with van der Waals surface area (Å²) in [7, 11) is 0. The van der Waals surface area contributed by atoms with Gasteiger partial charge in [0.1, 0.15) is 0 Å². The van der Waals surface area contributed by atoms with E-state index in [-0.39, 0.29) is 0 Å². The number of hydrogen-bond acceptors (Lipinski definition) is 3. The Balaban J connectivity index is 1.08. The Morgan fingerprint density at radius 1 is 0.286 bits per heavy atom. The van der Waals surface area contributed by atoms with Crippen LogP contribution in [0.3, 0.4) is 0 Å². The minimum atomic E-state index is 0.693. The molecule has 0 atom stereocenters. The van der Waals surface area contributed by atoms with Gasteiger partial charge in [-0.15, -0.1) is 0 Å². The summed E-state index contributed by atoms with van der Waals surface area (Å²) in [5.74, 6) is 0.693. The zero-order valence-electron chi connectivity index (χ0n) is 34.2. The summed E-state index contributed by atoms with van der Waals surface area (Å²) in [6.45, 7) is 0. The van der Waals surface area contributed by atoms with Crippen LogP contribution in [0.5, 0.6) is 0 Å². The van der Waals surface area contributed by atoms with Crippen molar-refractivity contribution < 1.29 is 0 Å². The molecule has 0 spiro atoms. The van der Waals surface area contributed by atoms with Gasteiger partial charge in [0, 0.05) is 60.6 Å². The number of nitrogens with zero attached hydrogens (tertiary/aromatic N) is 4. The van der Waals surface area contributed by atoms with Gasteiger partial charge in [0.05, 0.1) is 33.6 Å². The zero-order valence-corrected chi connectivity index (χ0v) is 34.2. The van der Waals surface area contributed by atoms with Gasteiger partial charge >= 0.3 is 0 Å². The summed E-state index contributed by atoms with van der Waals surface area (Å²) in [5, 5.41) is 5.83. The van der Waals surface area contributed by atoms with E-state index < -0.39 is 0 Å². The minimum Gasteiger partial charge on any atom is -0.309 e. The van der Waals surface area contributed by atoms with Gasteiger partial charge in [0.25, 0.3) is 0 Å². The van der Waals surface area contributed by atoms with Crippen molar-refractivity contribution in [2.45, 2.75) is 0 Å². The topological polar surface area (TPSA) is 43.6 Å². The number of fused-ring (bicyclic) bond motifs is 6. The van der Waals surface area contributed by atoms with E-state index in [1.54, 1.807) is 0 Å². The van der Waals surface area contributed by atoms with Crippen LogP contribution in [-0.4, -0.2) is 19.5 Å². The Labute approximate surface area is 365 Å². The fourth-order valence-electron chi connectivity index (χ4n) is 9.27. The van der Waals surface area contributed by atoms with E-state index in [2.05, 4.69) is 205 Å². The highest BCUT2D eigenvalue weighted by atomic mass is 15.0. The maximum atomic E-state index is 5.60. The number of aromatic nitrogens is 4. The second-order valence-corrected chi connectivity index (χ2v) is 15.9. The standard InChI is InChI=1S/C59H38N4/c1-6-19-41(20-7-1)55-51-37-50-47-29-16-17-32-52(47)63(45-27-14-5-15-28-45)53(50)38-49(51)48-31-18-30-46(58(48)60-55)39-33-35-40(36-34-39)54-56(42-21-8-2-9-22-42)61-59(44-25-12-4-13-26-44)62-57(54)43-23-10-3-11-24-43/h1-38H. The van der Waals surface area contributed by atoms with Crippen molar-refractivity contribution >= 4 is 43.5 Å². The molecule has 63 heavy (non-hydrogen) atoms. The van der Waals surface area contributed by atoms with E-state index in [1.165, 1.54) is 27.2 Å². The SMILES string of the molecule is c1ccc(-c2nc(-c3ccccc3)c(-c3ccc(-c4cccc5c4nc(-c4ccccc4)c4cc6c7ccccc7n(-c7ccccc7)c6cc45)cc3)c(-c3ccccc3)n2)cc1. The lowest BCUT2D eigenvalue weighted by atomic mass is 9.91. The van der Waals surface area contributed by atoms with Gasteiger partial charge in [-0.05, 0) is 46.8 Å². The zero-order chi connectivity index (χ0) is 41.7. The van der Waals surface area contributed by atoms with Crippen LogP contribution in [-0.2, 0) is 0 Å². The summed E-state index contributed by atoms with van der Waals surface area (Å²) in [5.41, 5.74) is 15.5. The van der Waals surface area contributed by atoms with Crippen LogP contribution in [0.25, 0.3) is 117 Å². The van der Waals surface area contributed by atoms with Crippen molar-refractivity contribution in [3.63, 3.8) is 0 Å². The first-order chi connectivity index (χ1) is 31.3. The quantitative estimate of drug-likeness (QED) is 0.151. The van der Waals surface area contributed by atoms with Crippen molar-refractivity contribution in [3.05, 3.63) is 231 Å². The molecule has 0 amide bonds. The van der Waals surface area contributed by atoms with Gasteiger partial charge in [-0.25, -0.2) is 15.0 Å². The summed E-state index contributed by atoms with van der Waals surface area (Å²) < 4.78 is 2.39. The van der Waals surface area contributed by atoms with Crippen molar-refractivity contribution in [1.29, 1.82) is 0 Å². The van der Waals surface area contributed by atoms with E-state index in [4.69, 9.17) is 15.0 Å². The number of rotatable bonds is 7. The molecule has 0 saturated heterocycles. The van der Waals surface area contributed by atoms with E-state index >= 15 is 0 Å². The van der Waals surface area contributed by atoms with Crippen LogP contribution in [0, 0.1) is 0 Å². The number of para-hydroxylation sites is 3. The Morgan fingerprint density at radius 3 is 1.41 bits per heavy atom. The largest absolute Gasteiger partial charge is 0.309 e. The molecule has 12 rings (SSSR count). The lowest BCUT2D eigenvalue weighted by Gasteiger charge is -2.17. The molecule has 0 fully saturated rings. The molecule has 3 heterocycles. The molecule has 0 bridgehead atoms. The third kappa shape index (κ3) is 6.27. The third-order valence-corrected chi connectivity index (χ3v) is 12.2. The molecule has 3 aromatic heterocycles. The Hall–Kier alpha value is -8.47. The molecule has 0 unspecified atom stereocenters. The predicted molar refractivity (Wildman–Crippen MR) is 262 cm³/mol. The van der Waals surface area contributed by atoms with E-state index in [1.807, 2.05) is 30.3 Å². The normalized spacial score (nSPS) is 11.5. The van der Waals surface area contributed by atoms with Crippen LogP contribution in [0.15, 0.2) is 231 Å². The molecule has 9 aromatic carbocycles. The first-order valence-corrected chi connectivity index (χ1v) is 21.4. The average Bonchev–Trinajstić information content (AvgIpc) is 3.69. The van der Waals surface area contributed by atoms with Gasteiger partial charge in [-0.1, -0.05) is 200 Å². The van der Waals surface area contributed by atoms with Crippen molar-refractivity contribution in [1.82, 2.24) is 19.5 Å². The van der Waals surface area contributed by atoms with Gasteiger partial charge in [0.2, 0.25) is 0 Å². The van der Waals surface area contributed by atoms with Crippen LogP contribution >= 0.6 is 0 Å². The second kappa shape index (κ2) is 15.2. The smallest absolute Gasteiger partial charge is 0.160 e. The fraction of sp³-hybridized carbons (Fsp3) is 0. The molecule has 294 valence electrons. The Bertz CT molecular complexity index is 3560. The Kier molecular flexibility index (Phi) is 8.79. The predicted octanol–water partition coefficient (Wildman–Crippen LogP) is 15.3. The molecule has 0 N–H and O–H groups in total. The van der Waals surface area contributed by atoms with Crippen molar-refractivity contribution in [3.8, 4) is 73.1 Å². The van der Waals surface area contributed by atoms with Crippen LogP contribution < -0.4 is 0 Å². The van der Waals surface area contributed by atoms with E-state index in [0.717, 1.165) is 83.6 Å². The van der Waals surface area contributed by atoms with E-state index in [9.17, 15) is 0 Å². The maximum absolute atomic E-state index is 5.60. The molecular formula is C59H38N4. The van der Waals surface area contributed by atoms with Crippen molar-refractivity contribution in [2.75, 3.05) is 0 Å². The van der Waals surface area contributed by atoms with Crippen LogP contribution in [0.2, 0.25) is 0 Å². The summed E-state index contributed by atoms with van der Waals surface area (Å²) in [4.78, 5) is 16.2. The molecule has 4 heteroatoms. The summed E-state index contributed by atoms with van der Waals surface area (Å²) >= 11 is 0. The molecule has 0 aliphatic heterocycles. The van der Waals surface area contributed by atoms with Gasteiger partial charge in [0.15, 0.2) is 5.82 Å². The van der Waals surface area contributed by atoms with Crippen molar-refractivity contribution in [2.24, 2.45) is 0 Å². The first kappa shape index (κ1) is 36.4. The molecule has 0 saturated carbocycles. The van der Waals surface area contributed by atoms with Gasteiger partial charge in [-0.3, -0.25) is 0 Å². The number of hydrogen-bond donors (Lipinski definition) is 0. The molecule has 12 aromatic rings. The highest BCUT2D eigenvalue weighted by Gasteiger charge is 2.22. The lowest BCUT2D eigenvalue weighted by Crippen LogP contribution is -2.00. The molecule has 0 aliphatic carbocycles. The molecule has 4 nitrogen and oxygen atoms in total. The maximum Gasteiger partial charge on any atom is 0.160 e. The monoisotopic (exact) mass is 802 g/mol. The highest BCUT2D eigenvalue weighted by molar-refractivity contribution is 6.21. The molecule has 0 radical (unpaired) electrons. The molecular weight excluding hydrogens is 765 g/mol. The molecule has 0 aliphatic rings. The summed E-state index contributed by atoms with van der Waals surface area (Å²) in [6.07, 6.45) is 0. The van der Waals surface area contributed by atoms with Gasteiger partial charge < -0.3 is 4.57 Å². The highest BCUT2D eigenvalue weighted by Crippen LogP contribution is 2.44. The number of pyridine rings is 1. The Morgan fingerprint density at radius 2 is 0.794 bits per heavy atom. The average molecular weight is 803 g/mol. The van der Waals surface area contributed by atoms with Crippen LogP contribution in [0.4, 0.5) is 0 Å². The first-order valence-electron chi connectivity index (χ1n) is 21.4.